The van der Waals surface area contributed by atoms with Gasteiger partial charge in [0.15, 0.2) is 0 Å². The number of nitrogen functional groups attached to an aromatic ring is 2. The van der Waals surface area contributed by atoms with Gasteiger partial charge < -0.3 is 16.2 Å². The van der Waals surface area contributed by atoms with Gasteiger partial charge in [-0.05, 0) is 78.9 Å². The predicted octanol–water partition coefficient (Wildman–Crippen LogP) is 6.57. The lowest BCUT2D eigenvalue weighted by atomic mass is 10.0. The monoisotopic (exact) mass is 672 g/mol. The summed E-state index contributed by atoms with van der Waals surface area (Å²) < 4.78 is 72.2. The SMILES string of the molecule is Nc1ccc(-c2nc3ccc(Sc4ccc(Oc5ccc(S(=O)(=O)O)cc5)cc4S(=O)(=O)O)cc3nc2-c2ccc(N)cc2)cc1. The van der Waals surface area contributed by atoms with Crippen LogP contribution in [0.4, 0.5) is 11.4 Å². The smallest absolute Gasteiger partial charge is 0.295 e. The third-order valence-corrected chi connectivity index (χ3v) is 9.74. The Labute approximate surface area is 268 Å². The summed E-state index contributed by atoms with van der Waals surface area (Å²) in [5.41, 5.74) is 17.1. The maximum absolute atomic E-state index is 12.4. The number of hydrogen-bond acceptors (Lipinski definition) is 10. The molecular weight excluding hydrogens is 649 g/mol. The summed E-state index contributed by atoms with van der Waals surface area (Å²) in [6.07, 6.45) is 0. The van der Waals surface area contributed by atoms with Crippen LogP contribution in [0.25, 0.3) is 33.5 Å². The van der Waals surface area contributed by atoms with Crippen molar-refractivity contribution >= 4 is 54.4 Å². The van der Waals surface area contributed by atoms with E-state index in [9.17, 15) is 21.4 Å². The van der Waals surface area contributed by atoms with Crippen molar-refractivity contribution in [1.82, 2.24) is 9.97 Å². The average Bonchev–Trinajstić information content (AvgIpc) is 3.01. The zero-order chi connectivity index (χ0) is 32.6. The van der Waals surface area contributed by atoms with Gasteiger partial charge in [-0.25, -0.2) is 9.97 Å². The first-order valence-electron chi connectivity index (χ1n) is 13.4. The number of anilines is 2. The number of fused-ring (bicyclic) bond motifs is 1. The van der Waals surface area contributed by atoms with E-state index in [-0.39, 0.29) is 21.3 Å². The van der Waals surface area contributed by atoms with Crippen molar-refractivity contribution in [3.05, 3.63) is 109 Å². The van der Waals surface area contributed by atoms with Crippen LogP contribution in [0.15, 0.2) is 129 Å². The molecule has 0 fully saturated rings. The molecule has 0 aliphatic rings. The minimum absolute atomic E-state index is 0.0734. The first kappa shape index (κ1) is 31.0. The topological polar surface area (TPSA) is 196 Å². The minimum atomic E-state index is -4.68. The highest BCUT2D eigenvalue weighted by Gasteiger charge is 2.20. The highest BCUT2D eigenvalue weighted by atomic mass is 32.2. The van der Waals surface area contributed by atoms with Crippen molar-refractivity contribution in [3.8, 4) is 34.0 Å². The highest BCUT2D eigenvalue weighted by molar-refractivity contribution is 8.00. The summed E-state index contributed by atoms with van der Waals surface area (Å²) in [6, 6.07) is 28.9. The number of ether oxygens (including phenoxy) is 1. The summed E-state index contributed by atoms with van der Waals surface area (Å²) in [7, 11) is -9.07. The Kier molecular flexibility index (Phi) is 8.14. The molecule has 14 heteroatoms. The molecule has 0 saturated carbocycles. The molecule has 1 aromatic heterocycles. The quantitative estimate of drug-likeness (QED) is 0.100. The van der Waals surface area contributed by atoms with E-state index in [2.05, 4.69) is 0 Å². The van der Waals surface area contributed by atoms with E-state index in [1.54, 1.807) is 42.5 Å². The van der Waals surface area contributed by atoms with E-state index in [1.807, 2.05) is 24.3 Å². The first-order valence-corrected chi connectivity index (χ1v) is 17.1. The molecule has 0 unspecified atom stereocenters. The molecule has 0 saturated heterocycles. The third-order valence-electron chi connectivity index (χ3n) is 6.78. The fraction of sp³-hybridized carbons (Fsp3) is 0. The number of benzene rings is 5. The maximum Gasteiger partial charge on any atom is 0.295 e. The van der Waals surface area contributed by atoms with E-state index in [0.29, 0.717) is 38.7 Å². The summed E-state index contributed by atoms with van der Waals surface area (Å²) in [5, 5.41) is 0. The molecule has 0 bridgehead atoms. The van der Waals surface area contributed by atoms with E-state index in [0.717, 1.165) is 41.1 Å². The molecule has 6 aromatic rings. The van der Waals surface area contributed by atoms with Crippen molar-refractivity contribution in [2.45, 2.75) is 19.6 Å². The highest BCUT2D eigenvalue weighted by Crippen LogP contribution is 2.38. The Balaban J connectivity index is 1.36. The van der Waals surface area contributed by atoms with Gasteiger partial charge in [0.05, 0.1) is 27.3 Å². The fourth-order valence-electron chi connectivity index (χ4n) is 4.56. The van der Waals surface area contributed by atoms with E-state index in [4.69, 9.17) is 30.7 Å². The molecule has 1 heterocycles. The molecule has 0 amide bonds. The molecule has 0 aliphatic heterocycles. The van der Waals surface area contributed by atoms with E-state index < -0.39 is 25.1 Å². The van der Waals surface area contributed by atoms with Crippen molar-refractivity contribution in [2.75, 3.05) is 11.5 Å². The number of hydrogen-bond donors (Lipinski definition) is 4. The van der Waals surface area contributed by atoms with Crippen LogP contribution in [-0.4, -0.2) is 35.9 Å². The number of nitrogens with two attached hydrogens (primary N) is 2. The third kappa shape index (κ3) is 6.80. The minimum Gasteiger partial charge on any atom is -0.457 e. The van der Waals surface area contributed by atoms with Crippen molar-refractivity contribution in [1.29, 1.82) is 0 Å². The van der Waals surface area contributed by atoms with Crippen LogP contribution in [0.2, 0.25) is 0 Å². The summed E-state index contributed by atoms with van der Waals surface area (Å²) in [4.78, 5) is 9.98. The Bertz CT molecular complexity index is 2310. The average molecular weight is 673 g/mol. The van der Waals surface area contributed by atoms with Crippen LogP contribution in [0.5, 0.6) is 11.5 Å². The van der Waals surface area contributed by atoms with Crippen LogP contribution < -0.4 is 16.2 Å². The number of nitrogens with zero attached hydrogens (tertiary/aromatic N) is 2. The van der Waals surface area contributed by atoms with Crippen molar-refractivity contribution < 1.29 is 30.7 Å². The largest absolute Gasteiger partial charge is 0.457 e. The molecule has 5 aromatic carbocycles. The normalized spacial score (nSPS) is 11.9. The molecule has 0 atom stereocenters. The van der Waals surface area contributed by atoms with Gasteiger partial charge in [-0.1, -0.05) is 36.0 Å². The molecule has 0 aliphatic carbocycles. The van der Waals surface area contributed by atoms with E-state index >= 15 is 0 Å². The second-order valence-corrected chi connectivity index (χ2v) is 14.0. The lowest BCUT2D eigenvalue weighted by Crippen LogP contribution is -2.01. The Morgan fingerprint density at radius 3 is 1.67 bits per heavy atom. The zero-order valence-corrected chi connectivity index (χ0v) is 26.1. The van der Waals surface area contributed by atoms with Gasteiger partial charge in [-0.2, -0.15) is 16.8 Å². The van der Waals surface area contributed by atoms with Gasteiger partial charge in [-0.3, -0.25) is 9.11 Å². The zero-order valence-electron chi connectivity index (χ0n) is 23.6. The van der Waals surface area contributed by atoms with Gasteiger partial charge in [-0.15, -0.1) is 0 Å². The lowest BCUT2D eigenvalue weighted by molar-refractivity contribution is 0.467. The molecule has 11 nitrogen and oxygen atoms in total. The van der Waals surface area contributed by atoms with Gasteiger partial charge in [0.1, 0.15) is 16.4 Å². The fourth-order valence-corrected chi connectivity index (χ4v) is 6.93. The molecule has 0 radical (unpaired) electrons. The van der Waals surface area contributed by atoms with Gasteiger partial charge >= 0.3 is 0 Å². The molecular formula is C32H24N4O7S3. The predicted molar refractivity (Wildman–Crippen MR) is 176 cm³/mol. The summed E-state index contributed by atoms with van der Waals surface area (Å²) >= 11 is 1.09. The molecule has 232 valence electrons. The number of rotatable bonds is 8. The Morgan fingerprint density at radius 1 is 0.587 bits per heavy atom. The second kappa shape index (κ2) is 12.1. The Hall–Kier alpha value is -4.99. The van der Waals surface area contributed by atoms with Crippen molar-refractivity contribution in [2.24, 2.45) is 0 Å². The summed E-state index contributed by atoms with van der Waals surface area (Å²) in [5.74, 6) is 0.252. The first-order chi connectivity index (χ1) is 21.8. The maximum atomic E-state index is 12.4. The van der Waals surface area contributed by atoms with Gasteiger partial charge in [0.2, 0.25) is 0 Å². The second-order valence-electron chi connectivity index (χ2n) is 10.0. The van der Waals surface area contributed by atoms with Crippen LogP contribution >= 0.6 is 11.8 Å². The molecule has 46 heavy (non-hydrogen) atoms. The number of aromatic nitrogens is 2. The van der Waals surface area contributed by atoms with Crippen LogP contribution in [0.1, 0.15) is 0 Å². The van der Waals surface area contributed by atoms with E-state index in [1.165, 1.54) is 24.3 Å². The van der Waals surface area contributed by atoms with Crippen LogP contribution in [-0.2, 0) is 20.2 Å². The van der Waals surface area contributed by atoms with Crippen molar-refractivity contribution in [3.63, 3.8) is 0 Å². The van der Waals surface area contributed by atoms with Gasteiger partial charge in [0, 0.05) is 38.4 Å². The molecule has 0 spiro atoms. The summed E-state index contributed by atoms with van der Waals surface area (Å²) in [6.45, 7) is 0. The molecule has 6 N–H and O–H groups in total. The standard InChI is InChI=1S/C32H24N4O7S3/c33-21-5-1-19(2-6-21)31-32(20-3-7-22(34)8-4-20)36-28-18-25(12-15-27(28)35-31)44-29-16-11-24(17-30(29)46(40,41)42)43-23-9-13-26(14-10-23)45(37,38)39/h1-18H,33-34H2,(H,37,38,39)(H,40,41,42). The molecule has 6 rings (SSSR count). The Morgan fingerprint density at radius 2 is 1.13 bits per heavy atom. The van der Waals surface area contributed by atoms with Crippen LogP contribution in [0, 0.1) is 0 Å². The van der Waals surface area contributed by atoms with Crippen LogP contribution in [0.3, 0.4) is 0 Å². The lowest BCUT2D eigenvalue weighted by Gasteiger charge is -2.13. The van der Waals surface area contributed by atoms with Gasteiger partial charge in [0.25, 0.3) is 20.2 Å².